The summed E-state index contributed by atoms with van der Waals surface area (Å²) in [5.74, 6) is -6.27. The number of carboxylic acid groups (broad SMARTS) is 3. The zero-order valence-corrected chi connectivity index (χ0v) is 44.4. The number of hydrogen-bond acceptors (Lipinski definition) is 14. The first-order valence-corrected chi connectivity index (χ1v) is 26.5. The van der Waals surface area contributed by atoms with Gasteiger partial charge < -0.3 is 63.0 Å². The van der Waals surface area contributed by atoms with Crippen molar-refractivity contribution < 1.29 is 63.2 Å². The van der Waals surface area contributed by atoms with E-state index >= 15 is 0 Å². The second kappa shape index (κ2) is 38.4. The second-order valence-electron chi connectivity index (χ2n) is 18.6. The number of nitrogens with two attached hydrogens (primary N) is 1. The average Bonchev–Trinajstić information content (AvgIpc) is 3.88. The van der Waals surface area contributed by atoms with Crippen molar-refractivity contribution in [2.45, 2.75) is 153 Å². The normalized spacial score (nSPS) is 12.7. The summed E-state index contributed by atoms with van der Waals surface area (Å²) in [6, 6.07) is 11.6. The summed E-state index contributed by atoms with van der Waals surface area (Å²) in [7, 11) is 0. The Morgan fingerprint density at radius 3 is 1.76 bits per heavy atom. The summed E-state index contributed by atoms with van der Waals surface area (Å²) in [4.78, 5) is 115. The van der Waals surface area contributed by atoms with E-state index in [0.717, 1.165) is 36.8 Å². The van der Waals surface area contributed by atoms with E-state index in [-0.39, 0.29) is 70.7 Å². The minimum atomic E-state index is -1.50. The molecule has 27 nitrogen and oxygen atoms in total. The summed E-state index contributed by atoms with van der Waals surface area (Å²) in [5, 5.41) is 57.4. The first-order chi connectivity index (χ1) is 38.1. The van der Waals surface area contributed by atoms with Gasteiger partial charge in [-0.3, -0.25) is 33.4 Å². The number of ether oxygens (including phenoxy) is 1. The van der Waals surface area contributed by atoms with Crippen LogP contribution in [0.3, 0.4) is 0 Å². The van der Waals surface area contributed by atoms with Gasteiger partial charge in [0.2, 0.25) is 29.5 Å². The van der Waals surface area contributed by atoms with Crippen LogP contribution in [0, 0.1) is 0 Å². The number of aliphatic carboxylic acids is 3. The molecule has 1 unspecified atom stereocenters. The lowest BCUT2D eigenvalue weighted by molar-refractivity contribution is -0.141. The summed E-state index contributed by atoms with van der Waals surface area (Å²) in [6.07, 6.45) is 7.52. The lowest BCUT2D eigenvalue weighted by atomic mass is 10.0. The maximum absolute atomic E-state index is 14.0. The maximum atomic E-state index is 14.0. The van der Waals surface area contributed by atoms with Crippen LogP contribution in [-0.2, 0) is 69.1 Å². The van der Waals surface area contributed by atoms with Gasteiger partial charge >= 0.3 is 23.9 Å². The summed E-state index contributed by atoms with van der Waals surface area (Å²) >= 11 is 0. The molecule has 0 saturated heterocycles. The fourth-order valence-electron chi connectivity index (χ4n) is 7.97. The molecule has 0 bridgehead atoms. The van der Waals surface area contributed by atoms with Gasteiger partial charge in [-0.15, -0.1) is 5.10 Å². The molecule has 3 aromatic rings. The van der Waals surface area contributed by atoms with Gasteiger partial charge in [-0.05, 0) is 81.0 Å². The number of carboxylic acids is 3. The first-order valence-electron chi connectivity index (χ1n) is 26.5. The van der Waals surface area contributed by atoms with Crippen molar-refractivity contribution >= 4 is 53.5 Å². The molecule has 1 aromatic heterocycles. The molecule has 0 radical (unpaired) electrons. The molecular formula is C52H76N14O13. The van der Waals surface area contributed by atoms with E-state index < -0.39 is 84.2 Å². The molecule has 12 N–H and O–H groups in total. The molecule has 0 fully saturated rings. The predicted octanol–water partition coefficient (Wildman–Crippen LogP) is 2.38. The Labute approximate surface area is 457 Å². The van der Waals surface area contributed by atoms with E-state index in [4.69, 9.17) is 21.1 Å². The van der Waals surface area contributed by atoms with Gasteiger partial charge in [0.05, 0.1) is 12.8 Å². The van der Waals surface area contributed by atoms with E-state index in [1.807, 2.05) is 60.7 Å². The SMILES string of the molecule is [N-]=[N+]=NCCC(=O)N[C@@H](CCCCN)C(=O)NCCNC(=O)C(Cc1ccccc1)NC(=O)[C@H](Cc1ccccc1)NC(=O)CCCCCCCOCc1cn(CCCC[C@H](NC(=O)N[C@@H](CCC(=O)O)C(=O)O)C(=O)O)nn1. The molecule has 7 amide bonds. The van der Waals surface area contributed by atoms with Crippen molar-refractivity contribution in [3.63, 3.8) is 0 Å². The Kier molecular flexibility index (Phi) is 31.7. The number of carbonyl (C=O) groups is 9. The Hall–Kier alpha value is -8.16. The number of nitrogens with zero attached hydrogens (tertiary/aromatic N) is 6. The topological polar surface area (TPSA) is 413 Å². The van der Waals surface area contributed by atoms with Crippen molar-refractivity contribution in [1.29, 1.82) is 0 Å². The minimum absolute atomic E-state index is 0.00821. The number of nitrogens with one attached hydrogen (secondary N) is 7. The number of azide groups is 1. The van der Waals surface area contributed by atoms with Crippen LogP contribution in [0.15, 0.2) is 72.0 Å². The van der Waals surface area contributed by atoms with Gasteiger partial charge in [-0.25, -0.2) is 14.4 Å². The lowest BCUT2D eigenvalue weighted by Crippen LogP contribution is -2.55. The molecule has 3 rings (SSSR count). The van der Waals surface area contributed by atoms with Crippen molar-refractivity contribution in [3.05, 3.63) is 94.1 Å². The number of hydrogen-bond donors (Lipinski definition) is 11. The van der Waals surface area contributed by atoms with Crippen LogP contribution in [0.2, 0.25) is 0 Å². The standard InChI is InChI=1S/C52H76N14O13/c53-26-13-11-20-39(58-45(68)25-27-57-64-54)47(71)55-28-29-56-48(72)42(32-36-16-6-4-7-17-36)60-49(73)43(33-37-18-8-5-9-19-37)59-44(67)22-10-2-1-3-15-31-79-35-38-34-66(65-63-38)30-14-12-21-40(50(74)75)61-52(78)62-41(51(76)77)23-24-46(69)70/h4-9,16-19,34,39-43H,1-3,10-15,20-33,35,53H2,(H,55,71)(H,56,72)(H,58,68)(H,59,67)(H,60,73)(H,69,70)(H,74,75)(H,76,77)(H2,61,62,78)/t39-,40-,41-,42?,43-/m0/s1. The second-order valence-corrected chi connectivity index (χ2v) is 18.6. The van der Waals surface area contributed by atoms with Gasteiger partial charge in [0, 0.05) is 69.8 Å². The summed E-state index contributed by atoms with van der Waals surface area (Å²) in [5.41, 5.74) is 16.3. The van der Waals surface area contributed by atoms with Gasteiger partial charge in [0.15, 0.2) is 0 Å². The van der Waals surface area contributed by atoms with E-state index in [1.165, 1.54) is 0 Å². The molecule has 27 heteroatoms. The molecule has 0 aliphatic rings. The number of carbonyl (C=O) groups excluding carboxylic acids is 6. The monoisotopic (exact) mass is 1100 g/mol. The highest BCUT2D eigenvalue weighted by molar-refractivity contribution is 5.93. The highest BCUT2D eigenvalue weighted by Gasteiger charge is 2.29. The van der Waals surface area contributed by atoms with Crippen LogP contribution >= 0.6 is 0 Å². The van der Waals surface area contributed by atoms with Crippen LogP contribution < -0.4 is 43.0 Å². The molecule has 0 aliphatic carbocycles. The number of aromatic nitrogens is 3. The van der Waals surface area contributed by atoms with Gasteiger partial charge in [0.1, 0.15) is 35.9 Å². The number of aryl methyl sites for hydroxylation is 1. The third-order valence-corrected chi connectivity index (χ3v) is 12.2. The fourth-order valence-corrected chi connectivity index (χ4v) is 7.97. The van der Waals surface area contributed by atoms with Crippen LogP contribution in [0.1, 0.15) is 113 Å². The molecule has 2 aromatic carbocycles. The van der Waals surface area contributed by atoms with Crippen molar-refractivity contribution in [2.75, 3.05) is 32.8 Å². The molecule has 79 heavy (non-hydrogen) atoms. The smallest absolute Gasteiger partial charge is 0.326 e. The van der Waals surface area contributed by atoms with Crippen LogP contribution in [0.5, 0.6) is 0 Å². The van der Waals surface area contributed by atoms with E-state index in [0.29, 0.717) is 63.9 Å². The zero-order chi connectivity index (χ0) is 57.6. The Morgan fingerprint density at radius 2 is 1.15 bits per heavy atom. The van der Waals surface area contributed by atoms with Crippen molar-refractivity contribution in [3.8, 4) is 0 Å². The number of benzene rings is 2. The first kappa shape index (κ1) is 65.1. The third-order valence-electron chi connectivity index (χ3n) is 12.2. The Bertz CT molecular complexity index is 2420. The highest BCUT2D eigenvalue weighted by atomic mass is 16.5. The molecule has 0 aliphatic heterocycles. The zero-order valence-electron chi connectivity index (χ0n) is 44.4. The predicted molar refractivity (Wildman–Crippen MR) is 286 cm³/mol. The van der Waals surface area contributed by atoms with E-state index in [9.17, 15) is 53.4 Å². The Morgan fingerprint density at radius 1 is 0.608 bits per heavy atom. The van der Waals surface area contributed by atoms with Gasteiger partial charge in [-0.1, -0.05) is 90.3 Å². The molecule has 432 valence electrons. The summed E-state index contributed by atoms with van der Waals surface area (Å²) < 4.78 is 7.36. The summed E-state index contributed by atoms with van der Waals surface area (Å²) in [6.45, 7) is 1.49. The molecule has 5 atom stereocenters. The molecule has 0 saturated carbocycles. The molecule has 1 heterocycles. The maximum Gasteiger partial charge on any atom is 0.326 e. The highest BCUT2D eigenvalue weighted by Crippen LogP contribution is 2.11. The minimum Gasteiger partial charge on any atom is -0.481 e. The number of urea groups is 1. The van der Waals surface area contributed by atoms with Gasteiger partial charge in [-0.2, -0.15) is 0 Å². The van der Waals surface area contributed by atoms with Crippen LogP contribution in [0.4, 0.5) is 4.79 Å². The van der Waals surface area contributed by atoms with Gasteiger partial charge in [0.25, 0.3) is 0 Å². The largest absolute Gasteiger partial charge is 0.481 e. The molecular weight excluding hydrogens is 1030 g/mol. The number of unbranched alkanes of at least 4 members (excludes halogenated alkanes) is 6. The third kappa shape index (κ3) is 28.7. The Balaban J connectivity index is 1.42. The number of amides is 7. The molecule has 0 spiro atoms. The van der Waals surface area contributed by atoms with Crippen LogP contribution in [-0.4, -0.2) is 147 Å². The quantitative estimate of drug-likeness (QED) is 0.0168. The lowest BCUT2D eigenvalue weighted by Gasteiger charge is -2.24. The van der Waals surface area contributed by atoms with Crippen molar-refractivity contribution in [2.24, 2.45) is 10.8 Å². The number of rotatable bonds is 42. The van der Waals surface area contributed by atoms with Crippen LogP contribution in [0.25, 0.3) is 10.4 Å². The van der Waals surface area contributed by atoms with Crippen molar-refractivity contribution in [1.82, 2.24) is 52.2 Å². The van der Waals surface area contributed by atoms with E-state index in [2.05, 4.69) is 57.6 Å². The fraction of sp³-hybridized carbons (Fsp3) is 0.558. The average molecular weight is 1110 g/mol. The van der Waals surface area contributed by atoms with E-state index in [1.54, 1.807) is 10.9 Å².